The standard InChI is InChI=1S/C28H29Cl3N4O7S/c1-5-32-28(37)18(3)33(15-19-7-10-22(30)23(31)12-19)27(36)16-34(25-13-20(29)8-11-26(25)42-4)43(40,41)21-9-6-17(2)24(14-21)35(38)39/h6-14,18H,5,15-16H2,1-4H3,(H,32,37)/t18-/m1/s1. The van der Waals surface area contributed by atoms with Gasteiger partial charge in [-0.15, -0.1) is 0 Å². The molecule has 0 aliphatic heterocycles. The topological polar surface area (TPSA) is 139 Å². The number of hydrogen-bond donors (Lipinski definition) is 1. The first-order chi connectivity index (χ1) is 20.2. The van der Waals surface area contributed by atoms with Crippen LogP contribution in [0.3, 0.4) is 0 Å². The summed E-state index contributed by atoms with van der Waals surface area (Å²) in [7, 11) is -3.33. The van der Waals surface area contributed by atoms with E-state index in [-0.39, 0.29) is 38.6 Å². The van der Waals surface area contributed by atoms with E-state index in [2.05, 4.69) is 5.32 Å². The third-order valence-electron chi connectivity index (χ3n) is 6.51. The monoisotopic (exact) mass is 670 g/mol. The Morgan fingerprint density at radius 3 is 2.35 bits per heavy atom. The molecule has 230 valence electrons. The Bertz CT molecular complexity index is 1650. The van der Waals surface area contributed by atoms with Crippen molar-refractivity contribution in [2.45, 2.75) is 38.3 Å². The summed E-state index contributed by atoms with van der Waals surface area (Å²) in [6.45, 7) is 4.05. The molecule has 1 N–H and O–H groups in total. The predicted octanol–water partition coefficient (Wildman–Crippen LogP) is 5.62. The first-order valence-electron chi connectivity index (χ1n) is 12.8. The molecule has 0 spiro atoms. The zero-order chi connectivity index (χ0) is 32.1. The Balaban J connectivity index is 2.17. The van der Waals surface area contributed by atoms with Crippen LogP contribution in [0.2, 0.25) is 15.1 Å². The van der Waals surface area contributed by atoms with Crippen molar-refractivity contribution < 1.29 is 27.7 Å². The van der Waals surface area contributed by atoms with Crippen LogP contribution in [0, 0.1) is 17.0 Å². The van der Waals surface area contributed by atoms with Crippen LogP contribution in [-0.2, 0) is 26.2 Å². The van der Waals surface area contributed by atoms with Crippen LogP contribution in [0.1, 0.15) is 25.0 Å². The third kappa shape index (κ3) is 7.88. The smallest absolute Gasteiger partial charge is 0.273 e. The van der Waals surface area contributed by atoms with E-state index in [1.165, 1.54) is 68.3 Å². The summed E-state index contributed by atoms with van der Waals surface area (Å²) in [6, 6.07) is 11.3. The van der Waals surface area contributed by atoms with Crippen molar-refractivity contribution in [2.24, 2.45) is 0 Å². The van der Waals surface area contributed by atoms with Gasteiger partial charge in [-0.1, -0.05) is 46.9 Å². The second kappa shape index (κ2) is 14.3. The van der Waals surface area contributed by atoms with Crippen LogP contribution in [0.15, 0.2) is 59.5 Å². The fraction of sp³-hybridized carbons (Fsp3) is 0.286. The van der Waals surface area contributed by atoms with Crippen LogP contribution < -0.4 is 14.4 Å². The molecular formula is C28H29Cl3N4O7S. The summed E-state index contributed by atoms with van der Waals surface area (Å²) < 4.78 is 34.4. The lowest BCUT2D eigenvalue weighted by Crippen LogP contribution is -2.51. The Kier molecular flexibility index (Phi) is 11.2. The molecule has 3 aromatic carbocycles. The van der Waals surface area contributed by atoms with Crippen molar-refractivity contribution >= 4 is 68.0 Å². The zero-order valence-corrected chi connectivity index (χ0v) is 26.7. The number of carbonyl (C=O) groups is 2. The highest BCUT2D eigenvalue weighted by molar-refractivity contribution is 7.92. The third-order valence-corrected chi connectivity index (χ3v) is 9.24. The van der Waals surface area contributed by atoms with E-state index in [9.17, 15) is 28.1 Å². The number of rotatable bonds is 12. The van der Waals surface area contributed by atoms with E-state index in [4.69, 9.17) is 39.5 Å². The molecule has 0 saturated heterocycles. The molecule has 0 aromatic heterocycles. The summed E-state index contributed by atoms with van der Waals surface area (Å²) in [5.41, 5.74) is 0.265. The molecule has 0 bridgehead atoms. The van der Waals surface area contributed by atoms with Gasteiger partial charge in [-0.3, -0.25) is 24.0 Å². The van der Waals surface area contributed by atoms with E-state index >= 15 is 0 Å². The number of halogens is 3. The number of likely N-dealkylation sites (N-methyl/N-ethyl adjacent to an activating group) is 1. The summed E-state index contributed by atoms with van der Waals surface area (Å²) in [6.07, 6.45) is 0. The van der Waals surface area contributed by atoms with Crippen LogP contribution in [0.4, 0.5) is 11.4 Å². The average Bonchev–Trinajstić information content (AvgIpc) is 2.95. The van der Waals surface area contributed by atoms with Crippen molar-refractivity contribution in [2.75, 3.05) is 24.5 Å². The second-order valence-corrected chi connectivity index (χ2v) is 12.5. The number of amides is 2. The number of anilines is 1. The lowest BCUT2D eigenvalue weighted by molar-refractivity contribution is -0.385. The van der Waals surface area contributed by atoms with Gasteiger partial charge in [0, 0.05) is 29.7 Å². The Labute approximate surface area is 264 Å². The molecule has 0 aliphatic rings. The molecule has 0 radical (unpaired) electrons. The molecule has 0 unspecified atom stereocenters. The molecule has 2 amide bonds. The first-order valence-corrected chi connectivity index (χ1v) is 15.4. The lowest BCUT2D eigenvalue weighted by Gasteiger charge is -2.32. The van der Waals surface area contributed by atoms with E-state index in [0.717, 1.165) is 10.4 Å². The number of nitro benzene ring substituents is 1. The van der Waals surface area contributed by atoms with E-state index in [1.54, 1.807) is 13.0 Å². The molecule has 0 fully saturated rings. The minimum Gasteiger partial charge on any atom is -0.495 e. The zero-order valence-electron chi connectivity index (χ0n) is 23.6. The number of hydrogen-bond acceptors (Lipinski definition) is 7. The molecule has 0 aliphatic carbocycles. The van der Waals surface area contributed by atoms with Crippen LogP contribution >= 0.6 is 34.8 Å². The molecule has 0 heterocycles. The van der Waals surface area contributed by atoms with Gasteiger partial charge in [-0.25, -0.2) is 8.42 Å². The summed E-state index contributed by atoms with van der Waals surface area (Å²) >= 11 is 18.4. The second-order valence-electron chi connectivity index (χ2n) is 9.37. The number of nitro groups is 1. The van der Waals surface area contributed by atoms with Crippen molar-refractivity contribution in [1.29, 1.82) is 0 Å². The van der Waals surface area contributed by atoms with Crippen molar-refractivity contribution in [3.05, 3.63) is 90.9 Å². The molecule has 15 heteroatoms. The highest BCUT2D eigenvalue weighted by Crippen LogP contribution is 2.36. The van der Waals surface area contributed by atoms with Gasteiger partial charge in [0.1, 0.15) is 18.3 Å². The maximum atomic E-state index is 14.1. The molecule has 3 aromatic rings. The molecule has 3 rings (SSSR count). The van der Waals surface area contributed by atoms with Gasteiger partial charge in [0.25, 0.3) is 15.7 Å². The fourth-order valence-corrected chi connectivity index (χ4v) is 6.11. The summed E-state index contributed by atoms with van der Waals surface area (Å²) in [5.74, 6) is -1.17. The first kappa shape index (κ1) is 33.9. The number of aryl methyl sites for hydroxylation is 1. The summed E-state index contributed by atoms with van der Waals surface area (Å²) in [4.78, 5) is 38.6. The predicted molar refractivity (Wildman–Crippen MR) is 166 cm³/mol. The number of methoxy groups -OCH3 is 1. The normalized spacial score (nSPS) is 11.9. The number of ether oxygens (including phenoxy) is 1. The van der Waals surface area contributed by atoms with Crippen LogP contribution in [0.5, 0.6) is 5.75 Å². The van der Waals surface area contributed by atoms with Crippen molar-refractivity contribution in [3.8, 4) is 5.75 Å². The minimum atomic E-state index is -4.64. The van der Waals surface area contributed by atoms with Gasteiger partial charge in [0.2, 0.25) is 11.8 Å². The number of nitrogens with zero attached hydrogens (tertiary/aromatic N) is 3. The van der Waals surface area contributed by atoms with E-state index < -0.39 is 49.9 Å². The van der Waals surface area contributed by atoms with Crippen molar-refractivity contribution in [3.63, 3.8) is 0 Å². The number of carbonyl (C=O) groups excluding carboxylic acids is 2. The van der Waals surface area contributed by atoms with Gasteiger partial charge in [0.15, 0.2) is 0 Å². The number of sulfonamides is 1. The molecule has 11 nitrogen and oxygen atoms in total. The minimum absolute atomic E-state index is 0.0650. The van der Waals surface area contributed by atoms with Crippen LogP contribution in [0.25, 0.3) is 0 Å². The van der Waals surface area contributed by atoms with Gasteiger partial charge >= 0.3 is 0 Å². The van der Waals surface area contributed by atoms with Gasteiger partial charge in [-0.05, 0) is 62.7 Å². The quantitative estimate of drug-likeness (QED) is 0.195. The molecule has 43 heavy (non-hydrogen) atoms. The van der Waals surface area contributed by atoms with E-state index in [0.29, 0.717) is 12.1 Å². The van der Waals surface area contributed by atoms with Crippen LogP contribution in [-0.4, -0.2) is 56.3 Å². The Hall–Kier alpha value is -3.58. The average molecular weight is 672 g/mol. The Morgan fingerprint density at radius 2 is 1.74 bits per heavy atom. The van der Waals surface area contributed by atoms with Gasteiger partial charge < -0.3 is 15.0 Å². The van der Waals surface area contributed by atoms with Crippen molar-refractivity contribution in [1.82, 2.24) is 10.2 Å². The fourth-order valence-electron chi connectivity index (χ4n) is 4.18. The summed E-state index contributed by atoms with van der Waals surface area (Å²) in [5, 5.41) is 14.9. The SMILES string of the molecule is CCNC(=O)[C@@H](C)N(Cc1ccc(Cl)c(Cl)c1)C(=O)CN(c1cc(Cl)ccc1OC)S(=O)(=O)c1ccc(C)c([N+](=O)[O-])c1. The molecular weight excluding hydrogens is 643 g/mol. The van der Waals surface area contributed by atoms with Gasteiger partial charge in [-0.2, -0.15) is 0 Å². The molecule has 0 saturated carbocycles. The maximum Gasteiger partial charge on any atom is 0.273 e. The highest BCUT2D eigenvalue weighted by atomic mass is 35.5. The van der Waals surface area contributed by atoms with Gasteiger partial charge in [0.05, 0.1) is 32.7 Å². The largest absolute Gasteiger partial charge is 0.495 e. The highest BCUT2D eigenvalue weighted by Gasteiger charge is 2.35. The lowest BCUT2D eigenvalue weighted by atomic mass is 10.1. The van der Waals surface area contributed by atoms with E-state index in [1.807, 2.05) is 0 Å². The maximum absolute atomic E-state index is 14.1. The number of benzene rings is 3. The number of nitrogens with one attached hydrogen (secondary N) is 1. The Morgan fingerprint density at radius 1 is 1.05 bits per heavy atom. The molecule has 1 atom stereocenters.